The van der Waals surface area contributed by atoms with E-state index in [0.717, 1.165) is 42.5 Å². The molecule has 1 amide bonds. The van der Waals surface area contributed by atoms with E-state index < -0.39 is 29.3 Å². The molecule has 0 aliphatic heterocycles. The number of ether oxygens (including phenoxy) is 3. The third kappa shape index (κ3) is 6.10. The van der Waals surface area contributed by atoms with Crippen LogP contribution in [0.2, 0.25) is 0 Å². The fourth-order valence-electron chi connectivity index (χ4n) is 2.79. The number of allylic oxidation sites excluding steroid dienone is 1. The van der Waals surface area contributed by atoms with Crippen LogP contribution in [0, 0.1) is 5.82 Å². The molecule has 2 aromatic carbocycles. The third-order valence-electron chi connectivity index (χ3n) is 4.33. The number of carbonyl (C=O) groups is 2. The number of amides is 1. The lowest BCUT2D eigenvalue weighted by Gasteiger charge is -2.16. The Morgan fingerprint density at radius 3 is 2.09 bits per heavy atom. The molecule has 0 radical (unpaired) electrons. The van der Waals surface area contributed by atoms with Crippen LogP contribution in [0.5, 0.6) is 17.2 Å². The lowest BCUT2D eigenvalue weighted by Crippen LogP contribution is -2.20. The molecule has 0 saturated heterocycles. The number of hydrogen-bond donors (Lipinski definition) is 2. The molecule has 0 aliphatic rings. The Morgan fingerprint density at radius 2 is 1.61 bits per heavy atom. The average molecular weight is 469 g/mol. The second-order valence-corrected chi connectivity index (χ2v) is 6.39. The maximum absolute atomic E-state index is 14.0. The predicted molar refractivity (Wildman–Crippen MR) is 110 cm³/mol. The van der Waals surface area contributed by atoms with E-state index in [1.807, 2.05) is 0 Å². The first-order valence-corrected chi connectivity index (χ1v) is 9.11. The monoisotopic (exact) mass is 469 g/mol. The minimum absolute atomic E-state index is 0.0157. The largest absolute Gasteiger partial charge is 0.493 e. The van der Waals surface area contributed by atoms with E-state index in [0.29, 0.717) is 6.08 Å². The van der Waals surface area contributed by atoms with Gasteiger partial charge in [-0.05, 0) is 42.0 Å². The summed E-state index contributed by atoms with van der Waals surface area (Å²) >= 11 is 0. The molecule has 2 N–H and O–H groups in total. The Kier molecular flexibility index (Phi) is 8.19. The lowest BCUT2D eigenvalue weighted by atomic mass is 9.98. The van der Waals surface area contributed by atoms with Gasteiger partial charge in [0, 0.05) is 17.2 Å². The number of hydrogen-bond acceptors (Lipinski definition) is 6. The summed E-state index contributed by atoms with van der Waals surface area (Å²) in [5.74, 6) is -3.13. The molecule has 0 fully saturated rings. The SMILES string of the molecule is COc1cc(C(=O)C(=Cc2ccc(F)c(/C=C/C(=O)NO)c2)C(F)(F)F)cc(OC)c1OC. The molecule has 0 saturated carbocycles. The topological polar surface area (TPSA) is 94.1 Å². The summed E-state index contributed by atoms with van der Waals surface area (Å²) in [5, 5.41) is 8.48. The number of methoxy groups -OCH3 is 3. The summed E-state index contributed by atoms with van der Waals surface area (Å²) < 4.78 is 70.6. The molecule has 2 rings (SSSR count). The van der Waals surface area contributed by atoms with Gasteiger partial charge in [-0.25, -0.2) is 9.87 Å². The van der Waals surface area contributed by atoms with E-state index in [4.69, 9.17) is 19.4 Å². The molecule has 176 valence electrons. The van der Waals surface area contributed by atoms with Crippen molar-refractivity contribution < 1.29 is 46.6 Å². The van der Waals surface area contributed by atoms with Crippen molar-refractivity contribution in [1.29, 1.82) is 0 Å². The minimum atomic E-state index is -5.06. The summed E-state index contributed by atoms with van der Waals surface area (Å²) in [7, 11) is 3.79. The number of ketones is 1. The molecule has 0 aromatic heterocycles. The fourth-order valence-corrected chi connectivity index (χ4v) is 2.79. The van der Waals surface area contributed by atoms with Crippen LogP contribution in [0.25, 0.3) is 12.2 Å². The van der Waals surface area contributed by atoms with Crippen molar-refractivity contribution in [3.8, 4) is 17.2 Å². The molecule has 0 atom stereocenters. The first kappa shape index (κ1) is 25.4. The molecule has 2 aromatic rings. The standard InChI is InChI=1S/C22H19F4NO6/c1-31-17-10-14(11-18(32-2)21(17)33-3)20(29)15(22(24,25)26)9-12-4-6-16(23)13(8-12)5-7-19(28)27-30/h4-11,30H,1-3H3,(H,27,28)/b7-5+,15-9?. The van der Waals surface area contributed by atoms with Gasteiger partial charge < -0.3 is 14.2 Å². The van der Waals surface area contributed by atoms with E-state index in [2.05, 4.69) is 0 Å². The lowest BCUT2D eigenvalue weighted by molar-refractivity contribution is -0.124. The highest BCUT2D eigenvalue weighted by atomic mass is 19.4. The summed E-state index contributed by atoms with van der Waals surface area (Å²) in [4.78, 5) is 23.9. The molecule has 0 spiro atoms. The molecular weight excluding hydrogens is 450 g/mol. The number of Topliss-reactive ketones (excluding diaryl/α,β-unsaturated/α-hetero) is 1. The van der Waals surface area contributed by atoms with Crippen LogP contribution in [-0.4, -0.2) is 44.4 Å². The van der Waals surface area contributed by atoms with E-state index >= 15 is 0 Å². The second-order valence-electron chi connectivity index (χ2n) is 6.39. The van der Waals surface area contributed by atoms with E-state index in [1.165, 1.54) is 26.8 Å². The van der Waals surface area contributed by atoms with Gasteiger partial charge in [-0.3, -0.25) is 14.8 Å². The van der Waals surface area contributed by atoms with Crippen molar-refractivity contribution in [3.63, 3.8) is 0 Å². The zero-order valence-corrected chi connectivity index (χ0v) is 17.6. The highest BCUT2D eigenvalue weighted by molar-refractivity contribution is 6.12. The van der Waals surface area contributed by atoms with Crippen molar-refractivity contribution >= 4 is 23.8 Å². The van der Waals surface area contributed by atoms with Gasteiger partial charge in [0.05, 0.1) is 21.3 Å². The van der Waals surface area contributed by atoms with E-state index in [-0.39, 0.29) is 33.9 Å². The number of carbonyl (C=O) groups excluding carboxylic acids is 2. The predicted octanol–water partition coefficient (Wildman–Crippen LogP) is 4.20. The molecule has 33 heavy (non-hydrogen) atoms. The molecule has 7 nitrogen and oxygen atoms in total. The van der Waals surface area contributed by atoms with E-state index in [9.17, 15) is 27.2 Å². The quantitative estimate of drug-likeness (QED) is 0.198. The van der Waals surface area contributed by atoms with Crippen LogP contribution in [-0.2, 0) is 4.79 Å². The normalized spacial score (nSPS) is 11.9. The van der Waals surface area contributed by atoms with Crippen LogP contribution in [0.3, 0.4) is 0 Å². The minimum Gasteiger partial charge on any atom is -0.493 e. The molecule has 0 heterocycles. The first-order valence-electron chi connectivity index (χ1n) is 9.11. The average Bonchev–Trinajstić information content (AvgIpc) is 2.79. The van der Waals surface area contributed by atoms with Gasteiger partial charge in [0.15, 0.2) is 17.3 Å². The van der Waals surface area contributed by atoms with Gasteiger partial charge in [0.2, 0.25) is 5.75 Å². The highest BCUT2D eigenvalue weighted by Gasteiger charge is 2.39. The second kappa shape index (κ2) is 10.6. The molecule has 0 bridgehead atoms. The maximum atomic E-state index is 14.0. The summed E-state index contributed by atoms with van der Waals surface area (Å²) in [5.41, 5.74) is -1.02. The van der Waals surface area contributed by atoms with Crippen LogP contribution in [0.15, 0.2) is 42.0 Å². The Morgan fingerprint density at radius 1 is 1.00 bits per heavy atom. The zero-order valence-electron chi connectivity index (χ0n) is 17.6. The molecule has 11 heteroatoms. The smallest absolute Gasteiger partial charge is 0.420 e. The Labute approximate surface area is 185 Å². The van der Waals surface area contributed by atoms with Gasteiger partial charge in [-0.2, -0.15) is 13.2 Å². The highest BCUT2D eigenvalue weighted by Crippen LogP contribution is 2.40. The summed E-state index contributed by atoms with van der Waals surface area (Å²) in [6.45, 7) is 0. The summed E-state index contributed by atoms with van der Waals surface area (Å²) in [6.07, 6.45) is -2.78. The molecular formula is C22H19F4NO6. The Bertz CT molecular complexity index is 1080. The number of benzene rings is 2. The Hall–Kier alpha value is -3.86. The van der Waals surface area contributed by atoms with Crippen LogP contribution in [0.1, 0.15) is 21.5 Å². The van der Waals surface area contributed by atoms with Crippen LogP contribution in [0.4, 0.5) is 17.6 Å². The van der Waals surface area contributed by atoms with Crippen molar-refractivity contribution in [2.24, 2.45) is 0 Å². The van der Waals surface area contributed by atoms with Gasteiger partial charge in [0.1, 0.15) is 11.4 Å². The van der Waals surface area contributed by atoms with Gasteiger partial charge in [-0.15, -0.1) is 0 Å². The number of hydroxylamine groups is 1. The van der Waals surface area contributed by atoms with Gasteiger partial charge in [0.25, 0.3) is 5.91 Å². The molecule has 0 aliphatic carbocycles. The van der Waals surface area contributed by atoms with Crippen LogP contribution >= 0.6 is 0 Å². The third-order valence-corrected chi connectivity index (χ3v) is 4.33. The first-order chi connectivity index (χ1) is 15.5. The fraction of sp³-hybridized carbons (Fsp3) is 0.182. The summed E-state index contributed by atoms with van der Waals surface area (Å²) in [6, 6.07) is 5.07. The molecule has 0 unspecified atom stereocenters. The van der Waals surface area contributed by atoms with Crippen molar-refractivity contribution in [2.45, 2.75) is 6.18 Å². The van der Waals surface area contributed by atoms with E-state index in [1.54, 1.807) is 0 Å². The van der Waals surface area contributed by atoms with Crippen molar-refractivity contribution in [1.82, 2.24) is 5.48 Å². The number of rotatable bonds is 8. The van der Waals surface area contributed by atoms with Gasteiger partial charge in [-0.1, -0.05) is 6.07 Å². The van der Waals surface area contributed by atoms with Crippen molar-refractivity contribution in [3.05, 3.63) is 64.5 Å². The number of alkyl halides is 3. The zero-order chi connectivity index (χ0) is 24.8. The number of nitrogens with one attached hydrogen (secondary N) is 1. The Balaban J connectivity index is 2.59. The van der Waals surface area contributed by atoms with Crippen LogP contribution < -0.4 is 19.7 Å². The van der Waals surface area contributed by atoms with Crippen molar-refractivity contribution in [2.75, 3.05) is 21.3 Å². The van der Waals surface area contributed by atoms with Gasteiger partial charge >= 0.3 is 6.18 Å². The maximum Gasteiger partial charge on any atom is 0.420 e. The number of halogens is 4.